The van der Waals surface area contributed by atoms with Gasteiger partial charge in [-0.1, -0.05) is 0 Å². The number of nitrogens with zero attached hydrogens (tertiary/aromatic N) is 1. The summed E-state index contributed by atoms with van der Waals surface area (Å²) >= 11 is 0. The summed E-state index contributed by atoms with van der Waals surface area (Å²) in [6, 6.07) is 0.264. The van der Waals surface area contributed by atoms with Crippen molar-refractivity contribution in [1.29, 1.82) is 0 Å². The standard InChI is InChI=1S/C12H27N3O2/c1-11(10-17-4)15-12(13-2)14-8-6-5-7-9-16-3/h11H,5-10H2,1-4H3,(H2,13,14,15). The number of methoxy groups -OCH3 is 2. The summed E-state index contributed by atoms with van der Waals surface area (Å²) in [4.78, 5) is 4.16. The Bertz CT molecular complexity index is 198. The third-order valence-electron chi connectivity index (χ3n) is 2.34. The minimum Gasteiger partial charge on any atom is -0.385 e. The van der Waals surface area contributed by atoms with Crippen LogP contribution >= 0.6 is 0 Å². The molecular formula is C12H27N3O2. The Morgan fingerprint density at radius 2 is 1.94 bits per heavy atom. The lowest BCUT2D eigenvalue weighted by atomic mass is 10.2. The fourth-order valence-electron chi connectivity index (χ4n) is 1.47. The molecule has 0 aliphatic heterocycles. The molecule has 0 saturated heterocycles. The summed E-state index contributed by atoms with van der Waals surface area (Å²) in [6.45, 7) is 4.52. The summed E-state index contributed by atoms with van der Waals surface area (Å²) in [7, 11) is 5.21. The molecule has 0 heterocycles. The molecule has 17 heavy (non-hydrogen) atoms. The molecule has 0 saturated carbocycles. The van der Waals surface area contributed by atoms with Gasteiger partial charge in [-0.2, -0.15) is 0 Å². The van der Waals surface area contributed by atoms with E-state index < -0.39 is 0 Å². The van der Waals surface area contributed by atoms with Crippen LogP contribution in [0.1, 0.15) is 26.2 Å². The predicted molar refractivity (Wildman–Crippen MR) is 71.6 cm³/mol. The molecule has 0 radical (unpaired) electrons. The number of unbranched alkanes of at least 4 members (excludes halogenated alkanes) is 2. The van der Waals surface area contributed by atoms with E-state index in [4.69, 9.17) is 9.47 Å². The van der Waals surface area contributed by atoms with Gasteiger partial charge in [0, 0.05) is 40.5 Å². The Morgan fingerprint density at radius 3 is 2.53 bits per heavy atom. The average Bonchev–Trinajstić information content (AvgIpc) is 2.32. The van der Waals surface area contributed by atoms with Crippen LogP contribution in [0.4, 0.5) is 0 Å². The van der Waals surface area contributed by atoms with Gasteiger partial charge in [-0.15, -0.1) is 0 Å². The molecule has 0 aromatic rings. The zero-order chi connectivity index (χ0) is 12.9. The van der Waals surface area contributed by atoms with Crippen molar-refractivity contribution >= 4 is 5.96 Å². The summed E-state index contributed by atoms with van der Waals surface area (Å²) in [6.07, 6.45) is 3.42. The highest BCUT2D eigenvalue weighted by Crippen LogP contribution is 1.93. The number of guanidine groups is 1. The quantitative estimate of drug-likeness (QED) is 0.361. The molecule has 0 aromatic heterocycles. The van der Waals surface area contributed by atoms with Gasteiger partial charge in [-0.25, -0.2) is 0 Å². The second-order valence-corrected chi connectivity index (χ2v) is 4.05. The van der Waals surface area contributed by atoms with Crippen LogP contribution in [0.3, 0.4) is 0 Å². The maximum Gasteiger partial charge on any atom is 0.191 e. The molecule has 0 rings (SSSR count). The zero-order valence-corrected chi connectivity index (χ0v) is 11.6. The van der Waals surface area contributed by atoms with Crippen molar-refractivity contribution in [3.05, 3.63) is 0 Å². The highest BCUT2D eigenvalue weighted by molar-refractivity contribution is 5.79. The van der Waals surface area contributed by atoms with E-state index in [0.717, 1.165) is 32.0 Å². The topological polar surface area (TPSA) is 54.9 Å². The van der Waals surface area contributed by atoms with E-state index in [9.17, 15) is 0 Å². The van der Waals surface area contributed by atoms with Gasteiger partial charge in [-0.05, 0) is 26.2 Å². The first kappa shape index (κ1) is 16.2. The molecule has 2 N–H and O–H groups in total. The Kier molecular flexibility index (Phi) is 11.1. The number of rotatable bonds is 9. The van der Waals surface area contributed by atoms with Crippen molar-refractivity contribution in [3.8, 4) is 0 Å². The van der Waals surface area contributed by atoms with E-state index in [-0.39, 0.29) is 6.04 Å². The van der Waals surface area contributed by atoms with Crippen LogP contribution in [-0.2, 0) is 9.47 Å². The molecule has 102 valence electrons. The summed E-state index contributed by atoms with van der Waals surface area (Å²) < 4.78 is 10.1. The van der Waals surface area contributed by atoms with Crippen LogP contribution < -0.4 is 10.6 Å². The minimum absolute atomic E-state index is 0.264. The van der Waals surface area contributed by atoms with Crippen LogP contribution in [0, 0.1) is 0 Å². The first-order chi connectivity index (χ1) is 8.24. The van der Waals surface area contributed by atoms with E-state index in [2.05, 4.69) is 22.5 Å². The number of hydrogen-bond acceptors (Lipinski definition) is 3. The molecule has 0 bridgehead atoms. The van der Waals surface area contributed by atoms with Gasteiger partial charge < -0.3 is 20.1 Å². The molecule has 0 aromatic carbocycles. The SMILES string of the molecule is CN=C(NCCCCCOC)NC(C)COC. The van der Waals surface area contributed by atoms with Crippen molar-refractivity contribution in [2.45, 2.75) is 32.2 Å². The third kappa shape index (κ3) is 10.1. The number of hydrogen-bond donors (Lipinski definition) is 2. The lowest BCUT2D eigenvalue weighted by molar-refractivity contribution is 0.179. The van der Waals surface area contributed by atoms with Gasteiger partial charge in [0.15, 0.2) is 5.96 Å². The molecule has 5 nitrogen and oxygen atoms in total. The summed E-state index contributed by atoms with van der Waals surface area (Å²) in [5.41, 5.74) is 0. The fraction of sp³-hybridized carbons (Fsp3) is 0.917. The molecule has 0 aliphatic rings. The molecule has 0 aliphatic carbocycles. The van der Waals surface area contributed by atoms with E-state index in [1.807, 2.05) is 0 Å². The zero-order valence-electron chi connectivity index (χ0n) is 11.6. The van der Waals surface area contributed by atoms with Gasteiger partial charge in [-0.3, -0.25) is 4.99 Å². The Morgan fingerprint density at radius 1 is 1.18 bits per heavy atom. The second kappa shape index (κ2) is 11.7. The van der Waals surface area contributed by atoms with Gasteiger partial charge in [0.05, 0.1) is 6.61 Å². The van der Waals surface area contributed by atoms with E-state index in [0.29, 0.717) is 6.61 Å². The maximum absolute atomic E-state index is 5.06. The van der Waals surface area contributed by atoms with Gasteiger partial charge in [0.25, 0.3) is 0 Å². The van der Waals surface area contributed by atoms with Crippen molar-refractivity contribution < 1.29 is 9.47 Å². The second-order valence-electron chi connectivity index (χ2n) is 4.05. The van der Waals surface area contributed by atoms with Crippen LogP contribution in [0.25, 0.3) is 0 Å². The lowest BCUT2D eigenvalue weighted by Gasteiger charge is -2.17. The first-order valence-electron chi connectivity index (χ1n) is 6.19. The lowest BCUT2D eigenvalue weighted by Crippen LogP contribution is -2.44. The van der Waals surface area contributed by atoms with Crippen LogP contribution in [0.15, 0.2) is 4.99 Å². The van der Waals surface area contributed by atoms with Crippen molar-refractivity contribution in [1.82, 2.24) is 10.6 Å². The Balaban J connectivity index is 3.55. The fourth-order valence-corrected chi connectivity index (χ4v) is 1.47. The number of aliphatic imine (C=N–C) groups is 1. The van der Waals surface area contributed by atoms with E-state index in [1.165, 1.54) is 6.42 Å². The normalized spacial score (nSPS) is 13.5. The molecular weight excluding hydrogens is 218 g/mol. The maximum atomic E-state index is 5.06. The average molecular weight is 245 g/mol. The molecule has 0 fully saturated rings. The van der Waals surface area contributed by atoms with E-state index >= 15 is 0 Å². The van der Waals surface area contributed by atoms with Crippen LogP contribution in [0.5, 0.6) is 0 Å². The Labute approximate surface area is 105 Å². The minimum atomic E-state index is 0.264. The smallest absolute Gasteiger partial charge is 0.191 e. The molecule has 5 heteroatoms. The predicted octanol–water partition coefficient (Wildman–Crippen LogP) is 1.00. The first-order valence-corrected chi connectivity index (χ1v) is 6.19. The van der Waals surface area contributed by atoms with Crippen molar-refractivity contribution in [2.24, 2.45) is 4.99 Å². The third-order valence-corrected chi connectivity index (χ3v) is 2.34. The highest BCUT2D eigenvalue weighted by atomic mass is 16.5. The van der Waals surface area contributed by atoms with Gasteiger partial charge in [0.2, 0.25) is 0 Å². The van der Waals surface area contributed by atoms with Crippen LogP contribution in [-0.4, -0.2) is 53.0 Å². The summed E-state index contributed by atoms with van der Waals surface area (Å²) in [5.74, 6) is 0.835. The van der Waals surface area contributed by atoms with Gasteiger partial charge in [0.1, 0.15) is 0 Å². The molecule has 0 spiro atoms. The molecule has 1 unspecified atom stereocenters. The van der Waals surface area contributed by atoms with Crippen molar-refractivity contribution in [3.63, 3.8) is 0 Å². The van der Waals surface area contributed by atoms with E-state index in [1.54, 1.807) is 21.3 Å². The molecule has 1 atom stereocenters. The van der Waals surface area contributed by atoms with Crippen molar-refractivity contribution in [2.75, 3.05) is 41.0 Å². The highest BCUT2D eigenvalue weighted by Gasteiger charge is 2.03. The van der Waals surface area contributed by atoms with Gasteiger partial charge >= 0.3 is 0 Å². The monoisotopic (exact) mass is 245 g/mol. The molecule has 0 amide bonds. The number of nitrogens with one attached hydrogen (secondary N) is 2. The largest absolute Gasteiger partial charge is 0.385 e. The van der Waals surface area contributed by atoms with Crippen LogP contribution in [0.2, 0.25) is 0 Å². The summed E-state index contributed by atoms with van der Waals surface area (Å²) in [5, 5.41) is 6.54. The number of ether oxygens (including phenoxy) is 2. The Hall–Kier alpha value is -0.810.